The van der Waals surface area contributed by atoms with Crippen LogP contribution in [0.3, 0.4) is 0 Å². The maximum atomic E-state index is 5.33. The van der Waals surface area contributed by atoms with Crippen molar-refractivity contribution < 1.29 is 4.74 Å². The van der Waals surface area contributed by atoms with E-state index >= 15 is 0 Å². The molecular weight excluding hydrogens is 208 g/mol. The number of hydrogen-bond donors (Lipinski definition) is 1. The molecule has 0 saturated heterocycles. The Labute approximate surface area is 95.9 Å². The summed E-state index contributed by atoms with van der Waals surface area (Å²) in [5, 5.41) is 4.46. The fourth-order valence-corrected chi connectivity index (χ4v) is 2.47. The smallest absolute Gasteiger partial charge is 0.0947 e. The molecule has 1 heterocycles. The lowest BCUT2D eigenvalue weighted by molar-refractivity contribution is 0.0857. The zero-order chi connectivity index (χ0) is 11.4. The molecule has 3 nitrogen and oxygen atoms in total. The lowest BCUT2D eigenvalue weighted by atomic mass is 10.1. The van der Waals surface area contributed by atoms with Crippen LogP contribution in [0.15, 0.2) is 0 Å². The van der Waals surface area contributed by atoms with E-state index in [2.05, 4.69) is 31.1 Å². The fourth-order valence-electron chi connectivity index (χ4n) is 1.48. The van der Waals surface area contributed by atoms with Gasteiger partial charge in [-0.2, -0.15) is 0 Å². The molecule has 0 bridgehead atoms. The second-order valence-electron chi connectivity index (χ2n) is 3.79. The van der Waals surface area contributed by atoms with Crippen molar-refractivity contribution in [3.63, 3.8) is 0 Å². The minimum atomic E-state index is 0.208. The lowest BCUT2D eigenvalue weighted by Gasteiger charge is -2.21. The minimum absolute atomic E-state index is 0.208. The summed E-state index contributed by atoms with van der Waals surface area (Å²) in [6.07, 6.45) is 1.14. The molecule has 86 valence electrons. The average molecular weight is 228 g/mol. The predicted octanol–water partition coefficient (Wildman–Crippen LogP) is 1.93. The van der Waals surface area contributed by atoms with Crippen LogP contribution in [-0.4, -0.2) is 31.3 Å². The Balaban J connectivity index is 2.66. The summed E-state index contributed by atoms with van der Waals surface area (Å²) in [7, 11) is 3.71. The zero-order valence-electron chi connectivity index (χ0n) is 10.1. The molecule has 15 heavy (non-hydrogen) atoms. The van der Waals surface area contributed by atoms with E-state index in [0.717, 1.165) is 12.1 Å². The molecule has 1 N–H and O–H groups in total. The van der Waals surface area contributed by atoms with Crippen LogP contribution in [-0.2, 0) is 11.2 Å². The number of aromatic nitrogens is 1. The molecule has 0 aliphatic heterocycles. The second-order valence-corrected chi connectivity index (χ2v) is 5.08. The standard InChI is InChI=1S/C11H20N2OS/c1-7-9(3)15-11(13-7)6-10(12-4)8(2)14-5/h8,10,12H,6H2,1-5H3. The summed E-state index contributed by atoms with van der Waals surface area (Å²) in [5.74, 6) is 0. The Hall–Kier alpha value is -0.450. The molecule has 0 radical (unpaired) electrons. The maximum absolute atomic E-state index is 5.33. The van der Waals surface area contributed by atoms with Gasteiger partial charge in [0, 0.05) is 24.4 Å². The van der Waals surface area contributed by atoms with Gasteiger partial charge in [0.15, 0.2) is 0 Å². The third-order valence-corrected chi connectivity index (χ3v) is 3.87. The summed E-state index contributed by atoms with van der Waals surface area (Å²) in [6, 6.07) is 0.333. The summed E-state index contributed by atoms with van der Waals surface area (Å²) in [5.41, 5.74) is 1.15. The average Bonchev–Trinajstić information content (AvgIpc) is 2.53. The van der Waals surface area contributed by atoms with Crippen molar-refractivity contribution in [1.29, 1.82) is 0 Å². The van der Waals surface area contributed by atoms with Gasteiger partial charge in [-0.15, -0.1) is 11.3 Å². The van der Waals surface area contributed by atoms with E-state index < -0.39 is 0 Å². The predicted molar refractivity (Wildman–Crippen MR) is 64.6 cm³/mol. The fraction of sp³-hybridized carbons (Fsp3) is 0.727. The summed E-state index contributed by atoms with van der Waals surface area (Å²) in [6.45, 7) is 6.25. The van der Waals surface area contributed by atoms with Crippen LogP contribution in [0, 0.1) is 13.8 Å². The van der Waals surface area contributed by atoms with Crippen molar-refractivity contribution in [2.75, 3.05) is 14.2 Å². The van der Waals surface area contributed by atoms with Gasteiger partial charge in [-0.3, -0.25) is 0 Å². The number of thiazole rings is 1. The normalized spacial score (nSPS) is 15.3. The molecule has 2 unspecified atom stereocenters. The minimum Gasteiger partial charge on any atom is -0.380 e. The van der Waals surface area contributed by atoms with E-state index in [0.29, 0.717) is 6.04 Å². The van der Waals surface area contributed by atoms with E-state index in [1.54, 1.807) is 18.4 Å². The largest absolute Gasteiger partial charge is 0.380 e. The van der Waals surface area contributed by atoms with Gasteiger partial charge in [0.1, 0.15) is 0 Å². The van der Waals surface area contributed by atoms with Crippen LogP contribution in [0.4, 0.5) is 0 Å². The molecule has 1 rings (SSSR count). The van der Waals surface area contributed by atoms with Gasteiger partial charge < -0.3 is 10.1 Å². The Bertz CT molecular complexity index is 292. The van der Waals surface area contributed by atoms with Crippen LogP contribution in [0.2, 0.25) is 0 Å². The van der Waals surface area contributed by atoms with E-state index in [1.165, 1.54) is 9.88 Å². The number of hydrogen-bond acceptors (Lipinski definition) is 4. The molecule has 0 fully saturated rings. The highest BCUT2D eigenvalue weighted by atomic mass is 32.1. The number of ether oxygens (including phenoxy) is 1. The van der Waals surface area contributed by atoms with Crippen LogP contribution in [0.1, 0.15) is 22.5 Å². The van der Waals surface area contributed by atoms with E-state index in [1.807, 2.05) is 7.05 Å². The molecule has 0 amide bonds. The van der Waals surface area contributed by atoms with Gasteiger partial charge in [0.2, 0.25) is 0 Å². The number of rotatable bonds is 5. The van der Waals surface area contributed by atoms with Crippen molar-refractivity contribution in [3.05, 3.63) is 15.6 Å². The monoisotopic (exact) mass is 228 g/mol. The van der Waals surface area contributed by atoms with Crippen LogP contribution in [0.5, 0.6) is 0 Å². The zero-order valence-corrected chi connectivity index (χ0v) is 10.9. The molecular formula is C11H20N2OS. The summed E-state index contributed by atoms with van der Waals surface area (Å²) < 4.78 is 5.33. The van der Waals surface area contributed by atoms with Crippen molar-refractivity contribution in [2.24, 2.45) is 0 Å². The van der Waals surface area contributed by atoms with Crippen molar-refractivity contribution in [2.45, 2.75) is 39.3 Å². The topological polar surface area (TPSA) is 34.2 Å². The highest BCUT2D eigenvalue weighted by Crippen LogP contribution is 2.18. The summed E-state index contributed by atoms with van der Waals surface area (Å²) >= 11 is 1.78. The first kappa shape index (κ1) is 12.6. The van der Waals surface area contributed by atoms with Gasteiger partial charge in [0.05, 0.1) is 16.8 Å². The Morgan fingerprint density at radius 2 is 2.13 bits per heavy atom. The SMILES string of the molecule is CNC(Cc1nc(C)c(C)s1)C(C)OC. The molecule has 0 aromatic carbocycles. The maximum Gasteiger partial charge on any atom is 0.0947 e. The van der Waals surface area contributed by atoms with Crippen molar-refractivity contribution in [1.82, 2.24) is 10.3 Å². The molecule has 1 aromatic rings. The number of aryl methyl sites for hydroxylation is 2. The molecule has 1 aromatic heterocycles. The van der Waals surface area contributed by atoms with Gasteiger partial charge in [0.25, 0.3) is 0 Å². The van der Waals surface area contributed by atoms with Crippen LogP contribution >= 0.6 is 11.3 Å². The number of methoxy groups -OCH3 is 1. The molecule has 0 spiro atoms. The molecule has 4 heteroatoms. The van der Waals surface area contributed by atoms with Crippen LogP contribution < -0.4 is 5.32 Å². The second kappa shape index (κ2) is 5.58. The van der Waals surface area contributed by atoms with E-state index in [9.17, 15) is 0 Å². The van der Waals surface area contributed by atoms with E-state index in [4.69, 9.17) is 4.74 Å². The number of nitrogens with one attached hydrogen (secondary N) is 1. The Kier molecular flexibility index (Phi) is 4.70. The quantitative estimate of drug-likeness (QED) is 0.836. The molecule has 0 aliphatic carbocycles. The number of nitrogens with zero attached hydrogens (tertiary/aromatic N) is 1. The molecule has 2 atom stereocenters. The third kappa shape index (κ3) is 3.26. The van der Waals surface area contributed by atoms with E-state index in [-0.39, 0.29) is 6.10 Å². The first-order chi connectivity index (χ1) is 7.08. The van der Waals surface area contributed by atoms with Crippen molar-refractivity contribution in [3.8, 4) is 0 Å². The molecule has 0 saturated carbocycles. The first-order valence-electron chi connectivity index (χ1n) is 5.21. The van der Waals surface area contributed by atoms with Gasteiger partial charge in [-0.1, -0.05) is 0 Å². The molecule has 0 aliphatic rings. The summed E-state index contributed by atoms with van der Waals surface area (Å²) in [4.78, 5) is 5.85. The first-order valence-corrected chi connectivity index (χ1v) is 6.03. The van der Waals surface area contributed by atoms with Gasteiger partial charge in [-0.25, -0.2) is 4.98 Å². The van der Waals surface area contributed by atoms with Gasteiger partial charge in [-0.05, 0) is 27.8 Å². The lowest BCUT2D eigenvalue weighted by Crippen LogP contribution is -2.38. The van der Waals surface area contributed by atoms with Crippen molar-refractivity contribution >= 4 is 11.3 Å². The highest BCUT2D eigenvalue weighted by Gasteiger charge is 2.17. The van der Waals surface area contributed by atoms with Crippen LogP contribution in [0.25, 0.3) is 0 Å². The number of likely N-dealkylation sites (N-methyl/N-ethyl adjacent to an activating group) is 1. The third-order valence-electron chi connectivity index (χ3n) is 2.78. The highest BCUT2D eigenvalue weighted by molar-refractivity contribution is 7.11. The Morgan fingerprint density at radius 3 is 2.53 bits per heavy atom. The Morgan fingerprint density at radius 1 is 1.47 bits per heavy atom. The van der Waals surface area contributed by atoms with Gasteiger partial charge >= 0.3 is 0 Å².